The van der Waals surface area contributed by atoms with Crippen LogP contribution in [0.25, 0.3) is 5.65 Å². The first-order valence-corrected chi connectivity index (χ1v) is 8.30. The Bertz CT molecular complexity index is 1000. The first-order valence-electron chi connectivity index (χ1n) is 8.30. The molecule has 4 rings (SSSR count). The number of carbonyl (C=O) groups excluding carboxylic acids is 1. The molecule has 0 N–H and O–H groups in total. The minimum atomic E-state index is -2.94. The second-order valence-electron chi connectivity index (χ2n) is 6.32. The summed E-state index contributed by atoms with van der Waals surface area (Å²) in [5.41, 5.74) is -0.832. The van der Waals surface area contributed by atoms with Gasteiger partial charge in [-0.15, -0.1) is 0 Å². The lowest BCUT2D eigenvalue weighted by atomic mass is 9.97. The Hall–Kier alpha value is -2.97. The predicted octanol–water partition coefficient (Wildman–Crippen LogP) is 3.57. The van der Waals surface area contributed by atoms with E-state index in [1.165, 1.54) is 34.0 Å². The molecule has 1 saturated heterocycles. The molecular weight excluding hydrogens is 364 g/mol. The number of hydrogen-bond acceptors (Lipinski definition) is 3. The summed E-state index contributed by atoms with van der Waals surface area (Å²) in [5, 5.41) is 0. The molecule has 2 aromatic heterocycles. The molecule has 1 unspecified atom stereocenters. The van der Waals surface area contributed by atoms with Crippen LogP contribution < -0.4 is 0 Å². The van der Waals surface area contributed by atoms with Crippen LogP contribution in [0.1, 0.15) is 40.5 Å². The summed E-state index contributed by atoms with van der Waals surface area (Å²) in [5.74, 6) is -2.54. The Kier molecular flexibility index (Phi) is 4.29. The molecule has 9 heteroatoms. The number of likely N-dealkylation sites (tertiary alicyclic amines) is 1. The van der Waals surface area contributed by atoms with E-state index in [-0.39, 0.29) is 30.0 Å². The average Bonchev–Trinajstić information content (AvgIpc) is 3.26. The topological polar surface area (TPSA) is 50.5 Å². The van der Waals surface area contributed by atoms with Crippen molar-refractivity contribution in [1.29, 1.82) is 0 Å². The zero-order valence-corrected chi connectivity index (χ0v) is 13.9. The van der Waals surface area contributed by atoms with Crippen LogP contribution in [-0.2, 0) is 0 Å². The maximum atomic E-state index is 14.0. The van der Waals surface area contributed by atoms with Gasteiger partial charge in [-0.25, -0.2) is 22.5 Å². The number of halogens is 4. The van der Waals surface area contributed by atoms with Crippen molar-refractivity contribution in [3.8, 4) is 0 Å². The summed E-state index contributed by atoms with van der Waals surface area (Å²) in [6.45, 7) is 0.246. The highest BCUT2D eigenvalue weighted by molar-refractivity contribution is 5.95. The molecule has 5 nitrogen and oxygen atoms in total. The number of carbonyl (C=O) groups is 1. The molecule has 1 aliphatic heterocycles. The molecule has 140 valence electrons. The van der Waals surface area contributed by atoms with E-state index in [1.807, 2.05) is 0 Å². The quantitative estimate of drug-likeness (QED) is 0.655. The van der Waals surface area contributed by atoms with Crippen LogP contribution in [0.3, 0.4) is 0 Å². The maximum Gasteiger partial charge on any atom is 0.282 e. The van der Waals surface area contributed by atoms with E-state index in [0.717, 1.165) is 12.1 Å². The highest BCUT2D eigenvalue weighted by Crippen LogP contribution is 2.33. The van der Waals surface area contributed by atoms with Gasteiger partial charge in [-0.2, -0.15) is 0 Å². The highest BCUT2D eigenvalue weighted by Gasteiger charge is 2.35. The predicted molar refractivity (Wildman–Crippen MR) is 87.6 cm³/mol. The molecule has 0 aliphatic carbocycles. The Morgan fingerprint density at radius 2 is 1.96 bits per heavy atom. The molecule has 0 bridgehead atoms. The number of benzene rings is 1. The molecule has 1 atom stereocenters. The van der Waals surface area contributed by atoms with Crippen molar-refractivity contribution in [2.45, 2.75) is 18.8 Å². The van der Waals surface area contributed by atoms with Gasteiger partial charge in [-0.3, -0.25) is 14.2 Å². The van der Waals surface area contributed by atoms with Crippen molar-refractivity contribution in [3.63, 3.8) is 0 Å². The van der Waals surface area contributed by atoms with Crippen LogP contribution in [0.4, 0.5) is 17.6 Å². The van der Waals surface area contributed by atoms with Crippen LogP contribution in [0.15, 0.2) is 36.8 Å². The van der Waals surface area contributed by atoms with Gasteiger partial charge in [0.15, 0.2) is 5.65 Å². The van der Waals surface area contributed by atoms with Crippen molar-refractivity contribution in [2.24, 2.45) is 0 Å². The molecule has 27 heavy (non-hydrogen) atoms. The van der Waals surface area contributed by atoms with Gasteiger partial charge in [0.1, 0.15) is 23.0 Å². The van der Waals surface area contributed by atoms with Crippen LogP contribution in [0.5, 0.6) is 0 Å². The number of hydrogen-bond donors (Lipinski definition) is 0. The van der Waals surface area contributed by atoms with Gasteiger partial charge in [-0.05, 0) is 18.6 Å². The minimum Gasteiger partial charge on any atom is -0.337 e. The molecule has 0 spiro atoms. The molecule has 1 amide bonds. The summed E-state index contributed by atoms with van der Waals surface area (Å²) < 4.78 is 56.1. The fraction of sp³-hybridized carbons (Fsp3) is 0.278. The second-order valence-corrected chi connectivity index (χ2v) is 6.32. The van der Waals surface area contributed by atoms with Crippen molar-refractivity contribution in [1.82, 2.24) is 19.3 Å². The average molecular weight is 378 g/mol. The Morgan fingerprint density at radius 3 is 2.67 bits per heavy atom. The monoisotopic (exact) mass is 378 g/mol. The van der Waals surface area contributed by atoms with E-state index in [0.29, 0.717) is 6.42 Å². The van der Waals surface area contributed by atoms with Gasteiger partial charge >= 0.3 is 0 Å². The highest BCUT2D eigenvalue weighted by atomic mass is 19.3. The van der Waals surface area contributed by atoms with Crippen molar-refractivity contribution in [2.75, 3.05) is 13.1 Å². The van der Waals surface area contributed by atoms with Gasteiger partial charge in [0.2, 0.25) is 0 Å². The van der Waals surface area contributed by atoms with E-state index in [2.05, 4.69) is 9.97 Å². The molecule has 0 saturated carbocycles. The van der Waals surface area contributed by atoms with E-state index >= 15 is 0 Å². The Balaban J connectivity index is 1.67. The first-order chi connectivity index (χ1) is 13.0. The van der Waals surface area contributed by atoms with Crippen LogP contribution in [0.2, 0.25) is 0 Å². The lowest BCUT2D eigenvalue weighted by Crippen LogP contribution is -2.30. The summed E-state index contributed by atoms with van der Waals surface area (Å²) in [7, 11) is 0. The normalized spacial score (nSPS) is 17.2. The molecule has 3 aromatic rings. The summed E-state index contributed by atoms with van der Waals surface area (Å²) in [6.07, 6.45) is 1.43. The zero-order valence-electron chi connectivity index (χ0n) is 13.9. The summed E-state index contributed by atoms with van der Waals surface area (Å²) in [6, 6.07) is 3.60. The molecule has 1 fully saturated rings. The fourth-order valence-electron chi connectivity index (χ4n) is 3.52. The van der Waals surface area contributed by atoms with Crippen molar-refractivity contribution >= 4 is 11.6 Å². The number of nitrogens with zero attached hydrogens (tertiary/aromatic N) is 4. The lowest BCUT2D eigenvalue weighted by molar-refractivity contribution is 0.0769. The zero-order chi connectivity index (χ0) is 19.1. The number of amides is 1. The fourth-order valence-corrected chi connectivity index (χ4v) is 3.52. The number of fused-ring (bicyclic) bond motifs is 1. The smallest absolute Gasteiger partial charge is 0.282 e. The van der Waals surface area contributed by atoms with Gasteiger partial charge < -0.3 is 4.90 Å². The third-order valence-corrected chi connectivity index (χ3v) is 4.75. The second kappa shape index (κ2) is 6.64. The van der Waals surface area contributed by atoms with Crippen LogP contribution in [0, 0.1) is 11.6 Å². The van der Waals surface area contributed by atoms with Gasteiger partial charge in [-0.1, -0.05) is 6.07 Å². The molecule has 1 aliphatic rings. The molecule has 1 aromatic carbocycles. The van der Waals surface area contributed by atoms with Gasteiger partial charge in [0.05, 0.1) is 6.20 Å². The maximum absolute atomic E-state index is 14.0. The number of alkyl halides is 2. The van der Waals surface area contributed by atoms with Gasteiger partial charge in [0.25, 0.3) is 12.3 Å². The third kappa shape index (κ3) is 2.92. The molecule has 3 heterocycles. The number of imidazole rings is 1. The lowest BCUT2D eigenvalue weighted by Gasteiger charge is -2.18. The van der Waals surface area contributed by atoms with E-state index < -0.39 is 35.6 Å². The van der Waals surface area contributed by atoms with Crippen LogP contribution >= 0.6 is 0 Å². The minimum absolute atomic E-state index is 0.0394. The number of rotatable bonds is 3. The van der Waals surface area contributed by atoms with E-state index in [4.69, 9.17) is 0 Å². The van der Waals surface area contributed by atoms with Crippen LogP contribution in [-0.4, -0.2) is 38.3 Å². The van der Waals surface area contributed by atoms with E-state index in [1.54, 1.807) is 0 Å². The standard InChI is InChI=1S/C18H14F4N4O/c19-11-2-1-3-12(20)14(11)10-4-6-25(9-10)18(27)16-15(17(21)22)24-13-8-23-5-7-26(13)16/h1-3,5,7-8,10,17H,4,6,9H2. The molecular formula is C18H14F4N4O. The summed E-state index contributed by atoms with van der Waals surface area (Å²) >= 11 is 0. The summed E-state index contributed by atoms with van der Waals surface area (Å²) in [4.78, 5) is 21.9. The van der Waals surface area contributed by atoms with Crippen molar-refractivity contribution < 1.29 is 22.4 Å². The largest absolute Gasteiger partial charge is 0.337 e. The Labute approximate surface area is 151 Å². The van der Waals surface area contributed by atoms with Gasteiger partial charge in [0, 0.05) is 37.0 Å². The number of aromatic nitrogens is 3. The van der Waals surface area contributed by atoms with E-state index in [9.17, 15) is 22.4 Å². The SMILES string of the molecule is O=C(c1c(C(F)F)nc2cnccn12)N1CCC(c2c(F)cccc2F)C1. The third-order valence-electron chi connectivity index (χ3n) is 4.75. The first kappa shape index (κ1) is 17.4. The Morgan fingerprint density at radius 1 is 1.22 bits per heavy atom. The van der Waals surface area contributed by atoms with Crippen molar-refractivity contribution in [3.05, 3.63) is 65.4 Å². The molecule has 0 radical (unpaired) electrons.